The molecule has 0 aromatic heterocycles. The highest BCUT2D eigenvalue weighted by Gasteiger charge is 2.23. The zero-order valence-corrected chi connectivity index (χ0v) is 13.6. The SMILES string of the molecule is CC1CNCCN1C(=O)Nc1ccc(Br)cc1Cl.Cl. The molecule has 106 valence electrons. The standard InChI is InChI=1S/C12H15BrClN3O.ClH/c1-8-7-15-4-5-17(8)12(18)16-11-3-2-9(13)6-10(11)14;/h2-3,6,8,15H,4-5,7H2,1H3,(H,16,18);1H. The lowest BCUT2D eigenvalue weighted by molar-refractivity contribution is 0.177. The molecule has 0 spiro atoms. The number of carbonyl (C=O) groups excluding carboxylic acids is 1. The summed E-state index contributed by atoms with van der Waals surface area (Å²) in [5.74, 6) is 0. The first-order chi connectivity index (χ1) is 8.58. The highest BCUT2D eigenvalue weighted by atomic mass is 79.9. The van der Waals surface area contributed by atoms with Crippen molar-refractivity contribution in [1.29, 1.82) is 0 Å². The summed E-state index contributed by atoms with van der Waals surface area (Å²) in [7, 11) is 0. The number of hydrogen-bond acceptors (Lipinski definition) is 2. The Labute approximate surface area is 132 Å². The summed E-state index contributed by atoms with van der Waals surface area (Å²) in [6.45, 7) is 4.38. The number of amides is 2. The Morgan fingerprint density at radius 3 is 2.95 bits per heavy atom. The Kier molecular flexibility index (Phi) is 6.39. The van der Waals surface area contributed by atoms with Crippen LogP contribution in [0.4, 0.5) is 10.5 Å². The van der Waals surface area contributed by atoms with Crippen LogP contribution in [-0.2, 0) is 0 Å². The first kappa shape index (κ1) is 16.6. The van der Waals surface area contributed by atoms with Crippen LogP contribution in [0.1, 0.15) is 6.92 Å². The van der Waals surface area contributed by atoms with Crippen molar-refractivity contribution in [1.82, 2.24) is 10.2 Å². The number of nitrogens with one attached hydrogen (secondary N) is 2. The van der Waals surface area contributed by atoms with Crippen LogP contribution in [0.25, 0.3) is 0 Å². The van der Waals surface area contributed by atoms with E-state index < -0.39 is 0 Å². The van der Waals surface area contributed by atoms with Gasteiger partial charge in [0.25, 0.3) is 0 Å². The molecular formula is C12H16BrCl2N3O. The molecule has 2 amide bonds. The van der Waals surface area contributed by atoms with Gasteiger partial charge >= 0.3 is 6.03 Å². The summed E-state index contributed by atoms with van der Waals surface area (Å²) >= 11 is 9.41. The molecule has 19 heavy (non-hydrogen) atoms. The van der Waals surface area contributed by atoms with Gasteiger partial charge in [-0.25, -0.2) is 4.79 Å². The Morgan fingerprint density at radius 1 is 1.58 bits per heavy atom. The minimum Gasteiger partial charge on any atom is -0.319 e. The summed E-state index contributed by atoms with van der Waals surface area (Å²) in [4.78, 5) is 13.9. The molecule has 0 bridgehead atoms. The van der Waals surface area contributed by atoms with Gasteiger partial charge in [-0.2, -0.15) is 0 Å². The van der Waals surface area contributed by atoms with E-state index in [4.69, 9.17) is 11.6 Å². The minimum atomic E-state index is -0.103. The lowest BCUT2D eigenvalue weighted by atomic mass is 10.2. The van der Waals surface area contributed by atoms with Gasteiger partial charge in [-0.05, 0) is 25.1 Å². The zero-order valence-electron chi connectivity index (χ0n) is 10.5. The maximum absolute atomic E-state index is 12.1. The van der Waals surface area contributed by atoms with Gasteiger partial charge < -0.3 is 15.5 Å². The summed E-state index contributed by atoms with van der Waals surface area (Å²) in [5, 5.41) is 6.62. The largest absolute Gasteiger partial charge is 0.322 e. The summed E-state index contributed by atoms with van der Waals surface area (Å²) in [6, 6.07) is 5.49. The second kappa shape index (κ2) is 7.33. The first-order valence-corrected chi connectivity index (χ1v) is 6.98. The Bertz CT molecular complexity index is 459. The fraction of sp³-hybridized carbons (Fsp3) is 0.417. The number of anilines is 1. The van der Waals surface area contributed by atoms with Gasteiger partial charge in [-0.1, -0.05) is 27.5 Å². The quantitative estimate of drug-likeness (QED) is 0.798. The van der Waals surface area contributed by atoms with Gasteiger partial charge in [0, 0.05) is 30.1 Å². The van der Waals surface area contributed by atoms with Crippen LogP contribution in [-0.4, -0.2) is 36.6 Å². The zero-order chi connectivity index (χ0) is 13.1. The van der Waals surface area contributed by atoms with E-state index in [9.17, 15) is 4.79 Å². The molecule has 1 aliphatic rings. The third-order valence-electron chi connectivity index (χ3n) is 2.93. The van der Waals surface area contributed by atoms with Gasteiger partial charge in [-0.15, -0.1) is 12.4 Å². The normalized spacial score (nSPS) is 18.7. The number of rotatable bonds is 1. The smallest absolute Gasteiger partial charge is 0.319 e. The Hall–Kier alpha value is -0.490. The van der Waals surface area contributed by atoms with Gasteiger partial charge in [0.15, 0.2) is 0 Å². The number of nitrogens with zero attached hydrogens (tertiary/aromatic N) is 1. The van der Waals surface area contributed by atoms with E-state index in [0.717, 1.165) is 17.6 Å². The van der Waals surface area contributed by atoms with E-state index in [1.54, 1.807) is 12.1 Å². The lowest BCUT2D eigenvalue weighted by Gasteiger charge is -2.33. The second-order valence-corrected chi connectivity index (χ2v) is 5.62. The van der Waals surface area contributed by atoms with Crippen molar-refractivity contribution in [2.24, 2.45) is 0 Å². The van der Waals surface area contributed by atoms with E-state index >= 15 is 0 Å². The van der Waals surface area contributed by atoms with Crippen LogP contribution < -0.4 is 10.6 Å². The second-order valence-electron chi connectivity index (χ2n) is 4.30. The van der Waals surface area contributed by atoms with E-state index in [1.807, 2.05) is 17.9 Å². The topological polar surface area (TPSA) is 44.4 Å². The molecular weight excluding hydrogens is 353 g/mol. The molecule has 0 saturated carbocycles. The van der Waals surface area contributed by atoms with Crippen molar-refractivity contribution in [3.8, 4) is 0 Å². The maximum atomic E-state index is 12.1. The molecule has 0 aliphatic carbocycles. The highest BCUT2D eigenvalue weighted by molar-refractivity contribution is 9.10. The van der Waals surface area contributed by atoms with Gasteiger partial charge in [-0.3, -0.25) is 0 Å². The third-order valence-corrected chi connectivity index (χ3v) is 3.74. The average molecular weight is 369 g/mol. The molecule has 1 saturated heterocycles. The molecule has 4 nitrogen and oxygen atoms in total. The van der Waals surface area contributed by atoms with E-state index in [-0.39, 0.29) is 24.5 Å². The van der Waals surface area contributed by atoms with Crippen LogP contribution in [0.2, 0.25) is 5.02 Å². The molecule has 2 N–H and O–H groups in total. The van der Waals surface area contributed by atoms with Gasteiger partial charge in [0.05, 0.1) is 10.7 Å². The fourth-order valence-corrected chi connectivity index (χ4v) is 2.64. The van der Waals surface area contributed by atoms with Crippen LogP contribution in [0.5, 0.6) is 0 Å². The van der Waals surface area contributed by atoms with E-state index in [1.165, 1.54) is 0 Å². The number of urea groups is 1. The van der Waals surface area contributed by atoms with Crippen LogP contribution in [0, 0.1) is 0 Å². The first-order valence-electron chi connectivity index (χ1n) is 5.81. The monoisotopic (exact) mass is 367 g/mol. The van der Waals surface area contributed by atoms with Gasteiger partial charge in [0.2, 0.25) is 0 Å². The number of halogens is 3. The molecule has 2 rings (SSSR count). The highest BCUT2D eigenvalue weighted by Crippen LogP contribution is 2.26. The molecule has 1 atom stereocenters. The molecule has 1 fully saturated rings. The number of benzene rings is 1. The molecule has 1 unspecified atom stereocenters. The van der Waals surface area contributed by atoms with Crippen molar-refractivity contribution < 1.29 is 4.79 Å². The molecule has 1 aromatic carbocycles. The Balaban J connectivity index is 0.00000180. The van der Waals surface area contributed by atoms with Gasteiger partial charge in [0.1, 0.15) is 0 Å². The molecule has 1 aromatic rings. The van der Waals surface area contributed by atoms with Crippen LogP contribution in [0.3, 0.4) is 0 Å². The van der Waals surface area contributed by atoms with Crippen molar-refractivity contribution in [2.75, 3.05) is 25.0 Å². The van der Waals surface area contributed by atoms with Crippen LogP contribution >= 0.6 is 39.9 Å². The predicted octanol–water partition coefficient (Wildman–Crippen LogP) is 3.35. The molecule has 0 radical (unpaired) electrons. The summed E-state index contributed by atoms with van der Waals surface area (Å²) in [5.41, 5.74) is 0.635. The third kappa shape index (κ3) is 4.24. The van der Waals surface area contributed by atoms with E-state index in [0.29, 0.717) is 17.3 Å². The molecule has 1 heterocycles. The number of piperazine rings is 1. The average Bonchev–Trinajstić information content (AvgIpc) is 2.33. The van der Waals surface area contributed by atoms with Crippen LogP contribution in [0.15, 0.2) is 22.7 Å². The number of carbonyl (C=O) groups is 1. The van der Waals surface area contributed by atoms with Crippen molar-refractivity contribution >= 4 is 51.7 Å². The van der Waals surface area contributed by atoms with E-state index in [2.05, 4.69) is 26.6 Å². The maximum Gasteiger partial charge on any atom is 0.322 e. The lowest BCUT2D eigenvalue weighted by Crippen LogP contribution is -2.53. The summed E-state index contributed by atoms with van der Waals surface area (Å²) in [6.07, 6.45) is 0. The van der Waals surface area contributed by atoms with Crippen molar-refractivity contribution in [3.05, 3.63) is 27.7 Å². The van der Waals surface area contributed by atoms with Crippen molar-refractivity contribution in [3.63, 3.8) is 0 Å². The fourth-order valence-electron chi connectivity index (χ4n) is 1.92. The summed E-state index contributed by atoms with van der Waals surface area (Å²) < 4.78 is 0.890. The minimum absolute atomic E-state index is 0. The molecule has 1 aliphatic heterocycles. The predicted molar refractivity (Wildman–Crippen MR) is 84.5 cm³/mol. The molecule has 7 heteroatoms. The van der Waals surface area contributed by atoms with Crippen molar-refractivity contribution in [2.45, 2.75) is 13.0 Å². The number of hydrogen-bond donors (Lipinski definition) is 2. The Morgan fingerprint density at radius 2 is 2.32 bits per heavy atom.